The van der Waals surface area contributed by atoms with Crippen molar-refractivity contribution in [2.45, 2.75) is 25.8 Å². The summed E-state index contributed by atoms with van der Waals surface area (Å²) in [6, 6.07) is 4.14. The predicted octanol–water partition coefficient (Wildman–Crippen LogP) is 3.79. The molecule has 1 atom stereocenters. The van der Waals surface area contributed by atoms with Gasteiger partial charge < -0.3 is 9.84 Å². The maximum Gasteiger partial charge on any atom is 0.573 e. The van der Waals surface area contributed by atoms with Crippen LogP contribution in [0.5, 0.6) is 5.75 Å². The van der Waals surface area contributed by atoms with Gasteiger partial charge in [0.15, 0.2) is 0 Å². The summed E-state index contributed by atoms with van der Waals surface area (Å²) in [7, 11) is 0. The Morgan fingerprint density at radius 2 is 2.06 bits per heavy atom. The van der Waals surface area contributed by atoms with Gasteiger partial charge >= 0.3 is 6.36 Å². The normalized spacial score (nSPS) is 13.6. The molecule has 0 spiro atoms. The van der Waals surface area contributed by atoms with Gasteiger partial charge in [0.1, 0.15) is 5.75 Å². The number of benzene rings is 1. The molecule has 0 fully saturated rings. The number of aliphatic hydroxyl groups excluding tert-OH is 1. The molecular weight excluding hydrogens is 289 g/mol. The Bertz CT molecular complexity index is 366. The van der Waals surface area contributed by atoms with Crippen LogP contribution in [-0.4, -0.2) is 11.5 Å². The zero-order chi connectivity index (χ0) is 12.3. The summed E-state index contributed by atoms with van der Waals surface area (Å²) >= 11 is 3.09. The lowest BCUT2D eigenvalue weighted by atomic mass is 10.1. The number of aliphatic hydroxyl groups is 1. The van der Waals surface area contributed by atoms with Crippen LogP contribution in [0.2, 0.25) is 0 Å². The van der Waals surface area contributed by atoms with Crippen LogP contribution in [0.1, 0.15) is 25.0 Å². The van der Waals surface area contributed by atoms with Crippen molar-refractivity contribution < 1.29 is 23.0 Å². The first-order valence-corrected chi connectivity index (χ1v) is 5.36. The monoisotopic (exact) mass is 298 g/mol. The van der Waals surface area contributed by atoms with Gasteiger partial charge in [0.25, 0.3) is 0 Å². The minimum atomic E-state index is -4.76. The number of hydrogen-bond acceptors (Lipinski definition) is 2. The van der Waals surface area contributed by atoms with Crippen molar-refractivity contribution >= 4 is 15.9 Å². The van der Waals surface area contributed by atoms with Gasteiger partial charge in [-0.15, -0.1) is 13.2 Å². The highest BCUT2D eigenvalue weighted by molar-refractivity contribution is 9.10. The van der Waals surface area contributed by atoms with Crippen molar-refractivity contribution in [2.75, 3.05) is 0 Å². The minimum Gasteiger partial charge on any atom is -0.405 e. The number of halogens is 4. The molecule has 1 N–H and O–H groups in total. The molecule has 90 valence electrons. The molecule has 2 nitrogen and oxygen atoms in total. The van der Waals surface area contributed by atoms with E-state index in [2.05, 4.69) is 20.7 Å². The lowest BCUT2D eigenvalue weighted by Gasteiger charge is -2.17. The maximum absolute atomic E-state index is 12.1. The van der Waals surface area contributed by atoms with Gasteiger partial charge in [-0.3, -0.25) is 0 Å². The van der Waals surface area contributed by atoms with Crippen LogP contribution in [0.15, 0.2) is 22.7 Å². The second-order valence-electron chi connectivity index (χ2n) is 3.12. The molecule has 1 aromatic carbocycles. The molecular formula is C10H10BrF3O2. The predicted molar refractivity (Wildman–Crippen MR) is 56.1 cm³/mol. The third-order valence-electron chi connectivity index (χ3n) is 1.96. The molecule has 1 aromatic rings. The second-order valence-corrected chi connectivity index (χ2v) is 3.98. The van der Waals surface area contributed by atoms with Crippen molar-refractivity contribution in [3.05, 3.63) is 28.2 Å². The van der Waals surface area contributed by atoms with Gasteiger partial charge in [-0.1, -0.05) is 28.9 Å². The Labute approximate surface area is 99.2 Å². The van der Waals surface area contributed by atoms with Crippen molar-refractivity contribution in [3.8, 4) is 5.75 Å². The molecule has 0 aromatic heterocycles. The summed E-state index contributed by atoms with van der Waals surface area (Å²) in [4.78, 5) is 0. The maximum atomic E-state index is 12.1. The summed E-state index contributed by atoms with van der Waals surface area (Å²) in [5, 5.41) is 9.61. The number of hydrogen-bond donors (Lipinski definition) is 1. The number of ether oxygens (including phenoxy) is 1. The largest absolute Gasteiger partial charge is 0.573 e. The van der Waals surface area contributed by atoms with Gasteiger partial charge in [-0.05, 0) is 18.6 Å². The average Bonchev–Trinajstić information content (AvgIpc) is 2.14. The number of alkyl halides is 3. The summed E-state index contributed by atoms with van der Waals surface area (Å²) in [5.74, 6) is -0.378. The van der Waals surface area contributed by atoms with E-state index in [9.17, 15) is 18.3 Å². The standard InChI is InChI=1S/C10H10BrF3O2/c1-2-7(15)9-6(11)4-3-5-8(9)16-10(12,13)14/h3-5,7,15H,2H2,1H3. The van der Waals surface area contributed by atoms with E-state index in [1.54, 1.807) is 13.0 Å². The van der Waals surface area contributed by atoms with Gasteiger partial charge in [0.05, 0.1) is 6.10 Å². The first kappa shape index (κ1) is 13.3. The van der Waals surface area contributed by atoms with Crippen LogP contribution in [0, 0.1) is 0 Å². The molecule has 1 unspecified atom stereocenters. The first-order valence-electron chi connectivity index (χ1n) is 4.57. The molecule has 0 aliphatic carbocycles. The Hall–Kier alpha value is -0.750. The van der Waals surface area contributed by atoms with Gasteiger partial charge in [-0.2, -0.15) is 0 Å². The van der Waals surface area contributed by atoms with E-state index >= 15 is 0 Å². The van der Waals surface area contributed by atoms with Crippen LogP contribution in [0.4, 0.5) is 13.2 Å². The molecule has 16 heavy (non-hydrogen) atoms. The van der Waals surface area contributed by atoms with E-state index in [0.29, 0.717) is 10.9 Å². The molecule has 0 aliphatic heterocycles. The molecule has 0 saturated heterocycles. The van der Waals surface area contributed by atoms with Gasteiger partial charge in [0.2, 0.25) is 0 Å². The highest BCUT2D eigenvalue weighted by atomic mass is 79.9. The van der Waals surface area contributed by atoms with Crippen molar-refractivity contribution in [1.82, 2.24) is 0 Å². The van der Waals surface area contributed by atoms with E-state index in [1.807, 2.05) is 0 Å². The molecule has 0 heterocycles. The lowest BCUT2D eigenvalue weighted by molar-refractivity contribution is -0.275. The second kappa shape index (κ2) is 5.05. The topological polar surface area (TPSA) is 29.5 Å². The lowest BCUT2D eigenvalue weighted by Crippen LogP contribution is -2.18. The third kappa shape index (κ3) is 3.38. The van der Waals surface area contributed by atoms with Gasteiger partial charge in [0, 0.05) is 10.0 Å². The van der Waals surface area contributed by atoms with Crippen molar-refractivity contribution in [3.63, 3.8) is 0 Å². The first-order chi connectivity index (χ1) is 7.35. The quantitative estimate of drug-likeness (QED) is 0.920. The molecule has 1 rings (SSSR count). The Balaban J connectivity index is 3.13. The van der Waals surface area contributed by atoms with Crippen LogP contribution >= 0.6 is 15.9 Å². The van der Waals surface area contributed by atoms with E-state index in [-0.39, 0.29) is 11.3 Å². The Morgan fingerprint density at radius 3 is 2.56 bits per heavy atom. The fraction of sp³-hybridized carbons (Fsp3) is 0.400. The third-order valence-corrected chi connectivity index (χ3v) is 2.65. The van der Waals surface area contributed by atoms with Crippen molar-refractivity contribution in [2.24, 2.45) is 0 Å². The number of rotatable bonds is 3. The zero-order valence-electron chi connectivity index (χ0n) is 8.38. The summed E-state index contributed by atoms with van der Waals surface area (Å²) < 4.78 is 40.5. The minimum absolute atomic E-state index is 0.113. The summed E-state index contributed by atoms with van der Waals surface area (Å²) in [6.07, 6.45) is -5.45. The van der Waals surface area contributed by atoms with Crippen LogP contribution in [0.3, 0.4) is 0 Å². The SMILES string of the molecule is CCC(O)c1c(Br)cccc1OC(F)(F)F. The van der Waals surface area contributed by atoms with Crippen LogP contribution in [-0.2, 0) is 0 Å². The van der Waals surface area contributed by atoms with Crippen LogP contribution < -0.4 is 4.74 Å². The molecule has 0 radical (unpaired) electrons. The van der Waals surface area contributed by atoms with Crippen LogP contribution in [0.25, 0.3) is 0 Å². The van der Waals surface area contributed by atoms with E-state index in [4.69, 9.17) is 0 Å². The fourth-order valence-corrected chi connectivity index (χ4v) is 1.87. The van der Waals surface area contributed by atoms with E-state index in [0.717, 1.165) is 0 Å². The van der Waals surface area contributed by atoms with Crippen molar-refractivity contribution in [1.29, 1.82) is 0 Å². The smallest absolute Gasteiger partial charge is 0.405 e. The van der Waals surface area contributed by atoms with E-state index < -0.39 is 12.5 Å². The summed E-state index contributed by atoms with van der Waals surface area (Å²) in [5.41, 5.74) is 0.113. The van der Waals surface area contributed by atoms with Gasteiger partial charge in [-0.25, -0.2) is 0 Å². The summed E-state index contributed by atoms with van der Waals surface area (Å²) in [6.45, 7) is 1.67. The molecule has 0 amide bonds. The Morgan fingerprint density at radius 1 is 1.44 bits per heavy atom. The average molecular weight is 299 g/mol. The molecule has 0 saturated carbocycles. The Kier molecular flexibility index (Phi) is 4.21. The highest BCUT2D eigenvalue weighted by Gasteiger charge is 2.33. The molecule has 0 bridgehead atoms. The molecule has 6 heteroatoms. The fourth-order valence-electron chi connectivity index (χ4n) is 1.26. The zero-order valence-corrected chi connectivity index (χ0v) is 9.97. The van der Waals surface area contributed by atoms with E-state index in [1.165, 1.54) is 12.1 Å². The highest BCUT2D eigenvalue weighted by Crippen LogP contribution is 2.36. The molecule has 0 aliphatic rings.